The Bertz CT molecular complexity index is 564. The number of carbonyl (C=O) groups excluding carboxylic acids is 1. The van der Waals surface area contributed by atoms with Gasteiger partial charge in [-0.3, -0.25) is 4.79 Å². The highest BCUT2D eigenvalue weighted by Crippen LogP contribution is 2.23. The Morgan fingerprint density at radius 3 is 2.90 bits per heavy atom. The van der Waals surface area contributed by atoms with Gasteiger partial charge in [-0.1, -0.05) is 22.0 Å². The average molecular weight is 353 g/mol. The number of ether oxygens (including phenoxy) is 1. The molecular weight excluding hydrogens is 336 g/mol. The summed E-state index contributed by atoms with van der Waals surface area (Å²) in [7, 11) is 1.63. The summed E-state index contributed by atoms with van der Waals surface area (Å²) < 4.78 is 6.15. The molecule has 0 aliphatic carbocycles. The van der Waals surface area contributed by atoms with E-state index < -0.39 is 0 Å². The average Bonchev–Trinajstić information content (AvgIpc) is 2.94. The Hall–Kier alpha value is -1.13. The summed E-state index contributed by atoms with van der Waals surface area (Å²) in [4.78, 5) is 13.4. The first kappa shape index (κ1) is 15.3. The maximum absolute atomic E-state index is 12.0. The lowest BCUT2D eigenvalue weighted by atomic mass is 10.0. The van der Waals surface area contributed by atoms with E-state index in [1.807, 2.05) is 18.2 Å². The number of hydrogen-bond donors (Lipinski definition) is 0. The molecule has 0 amide bonds. The third-order valence-corrected chi connectivity index (χ3v) is 4.81. The summed E-state index contributed by atoms with van der Waals surface area (Å²) in [6, 6.07) is 9.90. The lowest BCUT2D eigenvalue weighted by Gasteiger charge is -2.07. The summed E-state index contributed by atoms with van der Waals surface area (Å²) in [5, 5.41) is 2.07. The van der Waals surface area contributed by atoms with Crippen LogP contribution in [-0.2, 0) is 17.6 Å². The van der Waals surface area contributed by atoms with Gasteiger partial charge in [-0.05, 0) is 48.1 Å². The van der Waals surface area contributed by atoms with Crippen LogP contribution in [0.15, 0.2) is 40.2 Å². The number of aryl methyl sites for hydroxylation is 1. The van der Waals surface area contributed by atoms with Gasteiger partial charge in [-0.2, -0.15) is 0 Å². The number of benzene rings is 1. The number of rotatable bonds is 7. The van der Waals surface area contributed by atoms with Crippen LogP contribution in [-0.4, -0.2) is 12.9 Å². The predicted molar refractivity (Wildman–Crippen MR) is 86.7 cm³/mol. The van der Waals surface area contributed by atoms with Gasteiger partial charge in [0.05, 0.1) is 7.11 Å². The van der Waals surface area contributed by atoms with Crippen LogP contribution in [0.1, 0.15) is 23.3 Å². The van der Waals surface area contributed by atoms with Gasteiger partial charge < -0.3 is 4.74 Å². The summed E-state index contributed by atoms with van der Waals surface area (Å²) in [6.45, 7) is 0. The number of Topliss-reactive ketones (excluding diaryl/α,β-unsaturated/α-hetero) is 1. The highest BCUT2D eigenvalue weighted by molar-refractivity contribution is 9.10. The molecule has 0 spiro atoms. The van der Waals surface area contributed by atoms with Crippen molar-refractivity contribution < 1.29 is 9.53 Å². The molecule has 0 saturated heterocycles. The van der Waals surface area contributed by atoms with Gasteiger partial charge in [0.15, 0.2) is 0 Å². The number of halogens is 1. The lowest BCUT2D eigenvalue weighted by Crippen LogP contribution is -2.04. The number of methoxy groups -OCH3 is 1. The molecule has 1 heterocycles. The third-order valence-electron chi connectivity index (χ3n) is 3.10. The smallest absolute Gasteiger partial charge is 0.137 e. The summed E-state index contributed by atoms with van der Waals surface area (Å²) in [5.41, 5.74) is 0.991. The first-order chi connectivity index (χ1) is 9.69. The number of hydrogen-bond acceptors (Lipinski definition) is 3. The first-order valence-electron chi connectivity index (χ1n) is 6.55. The SMILES string of the molecule is COc1ccc(Br)c(CC(=O)CCCc2cccs2)c1. The molecule has 20 heavy (non-hydrogen) atoms. The zero-order valence-corrected chi connectivity index (χ0v) is 13.8. The first-order valence-corrected chi connectivity index (χ1v) is 8.23. The van der Waals surface area contributed by atoms with Gasteiger partial charge in [-0.15, -0.1) is 11.3 Å². The second-order valence-corrected chi connectivity index (χ2v) is 6.49. The lowest BCUT2D eigenvalue weighted by molar-refractivity contribution is -0.118. The maximum atomic E-state index is 12.0. The quantitative estimate of drug-likeness (QED) is 0.724. The van der Waals surface area contributed by atoms with Crippen molar-refractivity contribution in [3.8, 4) is 5.75 Å². The van der Waals surface area contributed by atoms with Crippen molar-refractivity contribution >= 4 is 33.0 Å². The van der Waals surface area contributed by atoms with Crippen LogP contribution >= 0.6 is 27.3 Å². The van der Waals surface area contributed by atoms with Gasteiger partial charge in [-0.25, -0.2) is 0 Å². The molecule has 0 N–H and O–H groups in total. The molecule has 4 heteroatoms. The molecule has 106 valence electrons. The van der Waals surface area contributed by atoms with Crippen LogP contribution in [0.2, 0.25) is 0 Å². The van der Waals surface area contributed by atoms with Crippen molar-refractivity contribution in [3.63, 3.8) is 0 Å². The Morgan fingerprint density at radius 2 is 2.20 bits per heavy atom. The van der Waals surface area contributed by atoms with Gasteiger partial charge in [0.2, 0.25) is 0 Å². The Kier molecular flexibility index (Phi) is 5.80. The monoisotopic (exact) mass is 352 g/mol. The van der Waals surface area contributed by atoms with E-state index in [0.29, 0.717) is 12.8 Å². The summed E-state index contributed by atoms with van der Waals surface area (Å²) >= 11 is 5.23. The van der Waals surface area contributed by atoms with E-state index in [-0.39, 0.29) is 5.78 Å². The van der Waals surface area contributed by atoms with Gasteiger partial charge in [0, 0.05) is 22.2 Å². The molecule has 2 aromatic rings. The van der Waals surface area contributed by atoms with E-state index in [9.17, 15) is 4.79 Å². The van der Waals surface area contributed by atoms with E-state index in [4.69, 9.17) is 4.74 Å². The number of thiophene rings is 1. The van der Waals surface area contributed by atoms with E-state index in [2.05, 4.69) is 33.4 Å². The predicted octanol–water partition coefficient (Wildman–Crippen LogP) is 4.65. The molecule has 0 aliphatic rings. The molecule has 0 unspecified atom stereocenters. The van der Waals surface area contributed by atoms with Crippen LogP contribution in [0.3, 0.4) is 0 Å². The second kappa shape index (κ2) is 7.60. The minimum Gasteiger partial charge on any atom is -0.497 e. The molecule has 2 rings (SSSR count). The number of carbonyl (C=O) groups is 1. The van der Waals surface area contributed by atoms with Crippen molar-refractivity contribution in [2.24, 2.45) is 0 Å². The zero-order chi connectivity index (χ0) is 14.4. The minimum absolute atomic E-state index is 0.274. The van der Waals surface area contributed by atoms with E-state index >= 15 is 0 Å². The maximum Gasteiger partial charge on any atom is 0.137 e. The molecule has 0 bridgehead atoms. The minimum atomic E-state index is 0.274. The van der Waals surface area contributed by atoms with E-state index in [1.165, 1.54) is 4.88 Å². The number of ketones is 1. The molecule has 0 fully saturated rings. The highest BCUT2D eigenvalue weighted by atomic mass is 79.9. The molecule has 1 aromatic heterocycles. The molecular formula is C16H17BrO2S. The standard InChI is InChI=1S/C16H17BrO2S/c1-19-14-7-8-16(17)12(11-14)10-13(18)4-2-5-15-6-3-9-20-15/h3,6-9,11H,2,4-5,10H2,1H3. The molecule has 2 nitrogen and oxygen atoms in total. The van der Waals surface area contributed by atoms with E-state index in [0.717, 1.165) is 28.6 Å². The van der Waals surface area contributed by atoms with Crippen molar-refractivity contribution in [2.45, 2.75) is 25.7 Å². The van der Waals surface area contributed by atoms with Crippen LogP contribution < -0.4 is 4.74 Å². The van der Waals surface area contributed by atoms with Gasteiger partial charge in [0.25, 0.3) is 0 Å². The Labute approximate surface area is 131 Å². The highest BCUT2D eigenvalue weighted by Gasteiger charge is 2.08. The second-order valence-electron chi connectivity index (χ2n) is 4.61. The Morgan fingerprint density at radius 1 is 1.35 bits per heavy atom. The Balaban J connectivity index is 1.84. The molecule has 0 aliphatic heterocycles. The van der Waals surface area contributed by atoms with Crippen molar-refractivity contribution in [2.75, 3.05) is 7.11 Å². The largest absolute Gasteiger partial charge is 0.497 e. The van der Waals surface area contributed by atoms with Gasteiger partial charge >= 0.3 is 0 Å². The third kappa shape index (κ3) is 4.46. The fraction of sp³-hybridized carbons (Fsp3) is 0.312. The van der Waals surface area contributed by atoms with Crippen LogP contribution in [0.4, 0.5) is 0 Å². The van der Waals surface area contributed by atoms with Crippen molar-refractivity contribution in [3.05, 3.63) is 50.6 Å². The molecule has 0 atom stereocenters. The summed E-state index contributed by atoms with van der Waals surface area (Å²) in [5.74, 6) is 1.06. The molecule has 0 saturated carbocycles. The normalized spacial score (nSPS) is 10.5. The van der Waals surface area contributed by atoms with Crippen LogP contribution in [0.5, 0.6) is 5.75 Å². The van der Waals surface area contributed by atoms with Crippen molar-refractivity contribution in [1.82, 2.24) is 0 Å². The topological polar surface area (TPSA) is 26.3 Å². The van der Waals surface area contributed by atoms with Crippen LogP contribution in [0.25, 0.3) is 0 Å². The van der Waals surface area contributed by atoms with Gasteiger partial charge in [0.1, 0.15) is 11.5 Å². The zero-order valence-electron chi connectivity index (χ0n) is 11.4. The molecule has 0 radical (unpaired) electrons. The van der Waals surface area contributed by atoms with Crippen LogP contribution in [0, 0.1) is 0 Å². The van der Waals surface area contributed by atoms with E-state index in [1.54, 1.807) is 18.4 Å². The fourth-order valence-electron chi connectivity index (χ4n) is 2.03. The summed E-state index contributed by atoms with van der Waals surface area (Å²) in [6.07, 6.45) is 2.99. The van der Waals surface area contributed by atoms with Crippen molar-refractivity contribution in [1.29, 1.82) is 0 Å². The fourth-order valence-corrected chi connectivity index (χ4v) is 3.17. The molecule has 1 aromatic carbocycles.